The van der Waals surface area contributed by atoms with E-state index >= 15 is 0 Å². The van der Waals surface area contributed by atoms with Crippen LogP contribution in [0.3, 0.4) is 0 Å². The van der Waals surface area contributed by atoms with Gasteiger partial charge in [0.1, 0.15) is 6.10 Å². The van der Waals surface area contributed by atoms with E-state index in [0.29, 0.717) is 18.3 Å². The molecule has 0 bridgehead atoms. The lowest BCUT2D eigenvalue weighted by atomic mass is 9.72. The third kappa shape index (κ3) is 2.82. The Bertz CT molecular complexity index is 407. The lowest BCUT2D eigenvalue weighted by Crippen LogP contribution is -2.45. The molecule has 2 rings (SSSR count). The van der Waals surface area contributed by atoms with Gasteiger partial charge in [0.2, 0.25) is 11.7 Å². The second-order valence-corrected chi connectivity index (χ2v) is 5.58. The number of rotatable bonds is 5. The fourth-order valence-electron chi connectivity index (χ4n) is 2.80. The Hall–Kier alpha value is -0.940. The van der Waals surface area contributed by atoms with Crippen molar-refractivity contribution < 1.29 is 9.26 Å². The van der Waals surface area contributed by atoms with E-state index in [0.717, 1.165) is 19.3 Å². The molecule has 1 heterocycles. The van der Waals surface area contributed by atoms with Crippen molar-refractivity contribution in [2.24, 2.45) is 5.73 Å². The summed E-state index contributed by atoms with van der Waals surface area (Å²) in [4.78, 5) is 4.56. The van der Waals surface area contributed by atoms with E-state index in [4.69, 9.17) is 15.0 Å². The summed E-state index contributed by atoms with van der Waals surface area (Å²) in [6.45, 7) is 6.82. The molecule has 3 unspecified atom stereocenters. The average molecular weight is 267 g/mol. The van der Waals surface area contributed by atoms with Crippen LogP contribution in [-0.4, -0.2) is 22.8 Å². The molecule has 1 fully saturated rings. The van der Waals surface area contributed by atoms with Crippen molar-refractivity contribution in [1.29, 1.82) is 0 Å². The molecule has 0 radical (unpaired) electrons. The van der Waals surface area contributed by atoms with Gasteiger partial charge in [-0.25, -0.2) is 0 Å². The first kappa shape index (κ1) is 14.5. The van der Waals surface area contributed by atoms with Gasteiger partial charge in [-0.1, -0.05) is 24.9 Å². The number of hydrogen-bond acceptors (Lipinski definition) is 5. The molecule has 0 amide bonds. The fourth-order valence-corrected chi connectivity index (χ4v) is 2.80. The minimum atomic E-state index is -0.187. The zero-order valence-corrected chi connectivity index (χ0v) is 12.2. The van der Waals surface area contributed by atoms with Crippen molar-refractivity contribution in [1.82, 2.24) is 10.1 Å². The highest BCUT2D eigenvalue weighted by Gasteiger charge is 2.41. The number of hydrogen-bond donors (Lipinski definition) is 1. The minimum absolute atomic E-state index is 0.0779. The second-order valence-electron chi connectivity index (χ2n) is 5.58. The first-order chi connectivity index (χ1) is 9.11. The highest BCUT2D eigenvalue weighted by molar-refractivity contribution is 5.10. The molecule has 0 spiro atoms. The summed E-state index contributed by atoms with van der Waals surface area (Å²) >= 11 is 0. The van der Waals surface area contributed by atoms with Crippen molar-refractivity contribution in [3.63, 3.8) is 0 Å². The number of ether oxygens (including phenoxy) is 1. The fraction of sp³-hybridized carbons (Fsp3) is 0.857. The standard InChI is InChI=1S/C14H25N3O2/c1-4-10(18-5-2)12-16-13(19-17-12)14(3)9-7-6-8-11(14)15/h10-11H,4-9,15H2,1-3H3. The number of aromatic nitrogens is 2. The molecule has 1 saturated carbocycles. The first-order valence-corrected chi connectivity index (χ1v) is 7.33. The van der Waals surface area contributed by atoms with Crippen LogP contribution in [0.25, 0.3) is 0 Å². The van der Waals surface area contributed by atoms with Crippen LogP contribution in [0.4, 0.5) is 0 Å². The largest absolute Gasteiger partial charge is 0.370 e. The molecular weight excluding hydrogens is 242 g/mol. The van der Waals surface area contributed by atoms with Gasteiger partial charge in [-0.3, -0.25) is 0 Å². The topological polar surface area (TPSA) is 74.2 Å². The molecule has 3 atom stereocenters. The molecule has 1 aromatic rings. The van der Waals surface area contributed by atoms with E-state index < -0.39 is 0 Å². The maximum absolute atomic E-state index is 6.26. The van der Waals surface area contributed by atoms with E-state index in [1.54, 1.807) is 0 Å². The van der Waals surface area contributed by atoms with Crippen LogP contribution >= 0.6 is 0 Å². The Balaban J connectivity index is 2.19. The van der Waals surface area contributed by atoms with Crippen LogP contribution in [0, 0.1) is 0 Å². The van der Waals surface area contributed by atoms with Crippen molar-refractivity contribution in [3.8, 4) is 0 Å². The SMILES string of the molecule is CCOC(CC)c1noc(C2(C)CCCCC2N)n1. The molecule has 19 heavy (non-hydrogen) atoms. The van der Waals surface area contributed by atoms with Crippen molar-refractivity contribution in [2.75, 3.05) is 6.61 Å². The van der Waals surface area contributed by atoms with E-state index in [1.165, 1.54) is 12.8 Å². The molecule has 5 heteroatoms. The zero-order valence-electron chi connectivity index (χ0n) is 12.2. The molecule has 1 aliphatic rings. The average Bonchev–Trinajstić information content (AvgIpc) is 2.89. The van der Waals surface area contributed by atoms with E-state index in [2.05, 4.69) is 24.0 Å². The summed E-state index contributed by atoms with van der Waals surface area (Å²) in [5.74, 6) is 1.33. The summed E-state index contributed by atoms with van der Waals surface area (Å²) < 4.78 is 11.1. The van der Waals surface area contributed by atoms with Gasteiger partial charge in [-0.2, -0.15) is 4.98 Å². The van der Waals surface area contributed by atoms with Crippen LogP contribution in [0.5, 0.6) is 0 Å². The van der Waals surface area contributed by atoms with Gasteiger partial charge in [-0.05, 0) is 33.1 Å². The summed E-state index contributed by atoms with van der Waals surface area (Å²) in [7, 11) is 0. The van der Waals surface area contributed by atoms with Crippen molar-refractivity contribution in [2.45, 2.75) is 70.4 Å². The van der Waals surface area contributed by atoms with Gasteiger partial charge >= 0.3 is 0 Å². The number of nitrogens with two attached hydrogens (primary N) is 1. The zero-order chi connectivity index (χ0) is 13.9. The van der Waals surface area contributed by atoms with Gasteiger partial charge in [-0.15, -0.1) is 0 Å². The lowest BCUT2D eigenvalue weighted by Gasteiger charge is -2.35. The summed E-state index contributed by atoms with van der Waals surface area (Å²) in [5, 5.41) is 4.09. The molecule has 0 saturated heterocycles. The molecule has 0 aromatic carbocycles. The first-order valence-electron chi connectivity index (χ1n) is 7.33. The normalized spacial score (nSPS) is 29.4. The smallest absolute Gasteiger partial charge is 0.234 e. The molecule has 1 aromatic heterocycles. The Morgan fingerprint density at radius 1 is 1.47 bits per heavy atom. The van der Waals surface area contributed by atoms with Gasteiger partial charge in [0, 0.05) is 12.6 Å². The van der Waals surface area contributed by atoms with Gasteiger partial charge in [0.05, 0.1) is 5.41 Å². The Morgan fingerprint density at radius 3 is 2.89 bits per heavy atom. The van der Waals surface area contributed by atoms with Crippen LogP contribution in [-0.2, 0) is 10.2 Å². The summed E-state index contributed by atoms with van der Waals surface area (Å²) in [5.41, 5.74) is 6.08. The van der Waals surface area contributed by atoms with Crippen molar-refractivity contribution in [3.05, 3.63) is 11.7 Å². The van der Waals surface area contributed by atoms with E-state index in [-0.39, 0.29) is 17.6 Å². The third-order valence-electron chi connectivity index (χ3n) is 4.24. The van der Waals surface area contributed by atoms with E-state index in [9.17, 15) is 0 Å². The van der Waals surface area contributed by atoms with Gasteiger partial charge in [0.25, 0.3) is 0 Å². The molecule has 5 nitrogen and oxygen atoms in total. The molecule has 108 valence electrons. The summed E-state index contributed by atoms with van der Waals surface area (Å²) in [6.07, 6.45) is 5.16. The van der Waals surface area contributed by atoms with Crippen molar-refractivity contribution >= 4 is 0 Å². The molecule has 2 N–H and O–H groups in total. The lowest BCUT2D eigenvalue weighted by molar-refractivity contribution is 0.0518. The van der Waals surface area contributed by atoms with Crippen LogP contribution < -0.4 is 5.73 Å². The molecule has 0 aliphatic heterocycles. The number of nitrogens with zero attached hydrogens (tertiary/aromatic N) is 2. The maximum atomic E-state index is 6.26. The second kappa shape index (κ2) is 6.01. The Kier molecular flexibility index (Phi) is 4.58. The minimum Gasteiger partial charge on any atom is -0.370 e. The highest BCUT2D eigenvalue weighted by atomic mass is 16.5. The van der Waals surface area contributed by atoms with Crippen LogP contribution in [0.2, 0.25) is 0 Å². The predicted molar refractivity (Wildman–Crippen MR) is 72.8 cm³/mol. The van der Waals surface area contributed by atoms with Crippen LogP contribution in [0.15, 0.2) is 4.52 Å². The Morgan fingerprint density at radius 2 is 2.26 bits per heavy atom. The Labute approximate surface area is 114 Å². The summed E-state index contributed by atoms with van der Waals surface area (Å²) in [6, 6.07) is 0.0988. The van der Waals surface area contributed by atoms with Gasteiger partial charge in [0.15, 0.2) is 0 Å². The molecule has 1 aliphatic carbocycles. The quantitative estimate of drug-likeness (QED) is 0.887. The predicted octanol–water partition coefficient (Wildman–Crippen LogP) is 2.72. The molecular formula is C14H25N3O2. The monoisotopic (exact) mass is 267 g/mol. The highest BCUT2D eigenvalue weighted by Crippen LogP contribution is 2.37. The maximum Gasteiger partial charge on any atom is 0.234 e. The van der Waals surface area contributed by atoms with Crippen LogP contribution in [0.1, 0.15) is 70.7 Å². The van der Waals surface area contributed by atoms with Gasteiger partial charge < -0.3 is 15.0 Å². The third-order valence-corrected chi connectivity index (χ3v) is 4.24. The van der Waals surface area contributed by atoms with E-state index in [1.807, 2.05) is 6.92 Å².